The highest BCUT2D eigenvalue weighted by Gasteiger charge is 2.31. The Kier molecular flexibility index (Phi) is 5.20. The minimum absolute atomic E-state index is 0.0695. The molecule has 1 aromatic heterocycles. The van der Waals surface area contributed by atoms with E-state index >= 15 is 0 Å². The first-order chi connectivity index (χ1) is 13.2. The highest BCUT2D eigenvalue weighted by molar-refractivity contribution is 5.94. The number of piperazine rings is 1. The van der Waals surface area contributed by atoms with Crippen LogP contribution in [-0.2, 0) is 11.2 Å². The number of amides is 2. The molecule has 1 saturated heterocycles. The Morgan fingerprint density at radius 1 is 1.11 bits per heavy atom. The number of oxazole rings is 1. The maximum absolute atomic E-state index is 12.6. The Morgan fingerprint density at radius 2 is 1.85 bits per heavy atom. The van der Waals surface area contributed by atoms with Gasteiger partial charge < -0.3 is 9.32 Å². The van der Waals surface area contributed by atoms with Crippen LogP contribution in [0.3, 0.4) is 0 Å². The van der Waals surface area contributed by atoms with Gasteiger partial charge in [-0.3, -0.25) is 19.8 Å². The third-order valence-corrected chi connectivity index (χ3v) is 5.12. The molecule has 142 valence electrons. The van der Waals surface area contributed by atoms with E-state index in [1.807, 2.05) is 6.07 Å². The van der Waals surface area contributed by atoms with E-state index in [2.05, 4.69) is 39.5 Å². The molecule has 2 aromatic rings. The number of rotatable bonds is 6. The van der Waals surface area contributed by atoms with Crippen LogP contribution in [0.4, 0.5) is 6.01 Å². The van der Waals surface area contributed by atoms with E-state index in [1.54, 1.807) is 4.90 Å². The number of aromatic nitrogens is 1. The maximum Gasteiger partial charge on any atom is 0.302 e. The molecule has 0 spiro atoms. The molecule has 0 bridgehead atoms. The summed E-state index contributed by atoms with van der Waals surface area (Å²) in [7, 11) is 0. The van der Waals surface area contributed by atoms with Crippen LogP contribution < -0.4 is 5.32 Å². The molecule has 27 heavy (non-hydrogen) atoms. The van der Waals surface area contributed by atoms with Crippen molar-refractivity contribution < 1.29 is 14.0 Å². The van der Waals surface area contributed by atoms with Gasteiger partial charge in [-0.05, 0) is 24.8 Å². The molecule has 2 fully saturated rings. The lowest BCUT2D eigenvalue weighted by atomic mass is 10.1. The molecule has 1 saturated carbocycles. The van der Waals surface area contributed by atoms with Crippen molar-refractivity contribution in [1.29, 1.82) is 0 Å². The minimum atomic E-state index is -0.145. The molecule has 0 unspecified atom stereocenters. The highest BCUT2D eigenvalue weighted by Crippen LogP contribution is 2.30. The first-order valence-corrected chi connectivity index (χ1v) is 9.51. The van der Waals surface area contributed by atoms with E-state index in [0.29, 0.717) is 13.1 Å². The van der Waals surface area contributed by atoms with E-state index in [4.69, 9.17) is 4.42 Å². The summed E-state index contributed by atoms with van der Waals surface area (Å²) in [5, 5.41) is 2.63. The summed E-state index contributed by atoms with van der Waals surface area (Å²) in [4.78, 5) is 32.6. The van der Waals surface area contributed by atoms with Gasteiger partial charge in [-0.1, -0.05) is 30.3 Å². The van der Waals surface area contributed by atoms with Gasteiger partial charge in [0.05, 0.1) is 0 Å². The molecular formula is C20H24N4O3. The predicted octanol–water partition coefficient (Wildman–Crippen LogP) is 2.02. The van der Waals surface area contributed by atoms with Crippen LogP contribution in [0, 0.1) is 5.92 Å². The van der Waals surface area contributed by atoms with Crippen molar-refractivity contribution in [1.82, 2.24) is 14.8 Å². The number of carbonyl (C=O) groups excluding carboxylic acids is 2. The quantitative estimate of drug-likeness (QED) is 0.844. The van der Waals surface area contributed by atoms with Crippen molar-refractivity contribution in [2.45, 2.75) is 19.3 Å². The fourth-order valence-electron chi connectivity index (χ4n) is 3.25. The van der Waals surface area contributed by atoms with Crippen molar-refractivity contribution in [3.63, 3.8) is 0 Å². The van der Waals surface area contributed by atoms with Crippen molar-refractivity contribution in [2.24, 2.45) is 5.92 Å². The number of nitrogens with one attached hydrogen (secondary N) is 1. The molecule has 4 rings (SSSR count). The summed E-state index contributed by atoms with van der Waals surface area (Å²) >= 11 is 0. The first-order valence-electron chi connectivity index (χ1n) is 9.51. The molecule has 7 heteroatoms. The zero-order valence-electron chi connectivity index (χ0n) is 15.3. The standard InChI is InChI=1S/C20H24N4O3/c25-18(16-6-7-16)22-20-21-17(14-27-20)19(26)24-12-10-23(11-13-24)9-8-15-4-2-1-3-5-15/h1-5,14,16H,6-13H2,(H,21,22,25). The van der Waals surface area contributed by atoms with Crippen LogP contribution in [0.25, 0.3) is 0 Å². The molecule has 2 aliphatic rings. The molecule has 1 aromatic carbocycles. The summed E-state index contributed by atoms with van der Waals surface area (Å²) in [5.74, 6) is -0.156. The van der Waals surface area contributed by atoms with Gasteiger partial charge in [0.25, 0.3) is 5.91 Å². The fourth-order valence-corrected chi connectivity index (χ4v) is 3.25. The van der Waals surface area contributed by atoms with Crippen LogP contribution in [-0.4, -0.2) is 59.3 Å². The summed E-state index contributed by atoms with van der Waals surface area (Å²) in [5.41, 5.74) is 1.58. The van der Waals surface area contributed by atoms with Gasteiger partial charge in [-0.2, -0.15) is 4.98 Å². The zero-order valence-corrected chi connectivity index (χ0v) is 15.3. The lowest BCUT2D eigenvalue weighted by Crippen LogP contribution is -2.49. The predicted molar refractivity (Wildman–Crippen MR) is 100 cm³/mol. The van der Waals surface area contributed by atoms with Crippen LogP contribution in [0.15, 0.2) is 41.0 Å². The Balaban J connectivity index is 1.24. The Morgan fingerprint density at radius 3 is 2.56 bits per heavy atom. The number of carbonyl (C=O) groups is 2. The monoisotopic (exact) mass is 368 g/mol. The van der Waals surface area contributed by atoms with Gasteiger partial charge in [0.1, 0.15) is 6.26 Å². The third kappa shape index (κ3) is 4.54. The molecule has 7 nitrogen and oxygen atoms in total. The minimum Gasteiger partial charge on any atom is -0.431 e. The van der Waals surface area contributed by atoms with Gasteiger partial charge in [-0.15, -0.1) is 0 Å². The SMILES string of the molecule is O=C(Nc1nc(C(=O)N2CCN(CCc3ccccc3)CC2)co1)C1CC1. The Hall–Kier alpha value is -2.67. The second-order valence-electron chi connectivity index (χ2n) is 7.17. The molecule has 2 heterocycles. The second kappa shape index (κ2) is 7.92. The smallest absolute Gasteiger partial charge is 0.302 e. The van der Waals surface area contributed by atoms with Crippen molar-refractivity contribution >= 4 is 17.8 Å². The molecule has 1 N–H and O–H groups in total. The molecule has 1 aliphatic heterocycles. The van der Waals surface area contributed by atoms with Crippen molar-refractivity contribution in [3.8, 4) is 0 Å². The van der Waals surface area contributed by atoms with Crippen LogP contribution in [0.5, 0.6) is 0 Å². The summed E-state index contributed by atoms with van der Waals surface area (Å²) < 4.78 is 5.23. The van der Waals surface area contributed by atoms with E-state index in [1.165, 1.54) is 11.8 Å². The second-order valence-corrected chi connectivity index (χ2v) is 7.17. The molecule has 0 atom stereocenters. The van der Waals surface area contributed by atoms with Crippen LogP contribution in [0.1, 0.15) is 28.9 Å². The Bertz CT molecular complexity index is 793. The average Bonchev–Trinajstić information content (AvgIpc) is 3.47. The zero-order chi connectivity index (χ0) is 18.6. The topological polar surface area (TPSA) is 78.7 Å². The highest BCUT2D eigenvalue weighted by atomic mass is 16.4. The molecule has 0 radical (unpaired) electrons. The van der Waals surface area contributed by atoms with Crippen molar-refractivity contribution in [2.75, 3.05) is 38.0 Å². The van der Waals surface area contributed by atoms with Crippen LogP contribution >= 0.6 is 0 Å². The molecule has 1 aliphatic carbocycles. The summed E-state index contributed by atoms with van der Waals surface area (Å²) in [6.07, 6.45) is 4.16. The average molecular weight is 368 g/mol. The maximum atomic E-state index is 12.6. The molecule has 2 amide bonds. The van der Waals surface area contributed by atoms with Crippen molar-refractivity contribution in [3.05, 3.63) is 47.9 Å². The van der Waals surface area contributed by atoms with Gasteiger partial charge in [0, 0.05) is 38.6 Å². The summed E-state index contributed by atoms with van der Waals surface area (Å²) in [6.45, 7) is 4.03. The van der Waals surface area contributed by atoms with Gasteiger partial charge in [0.15, 0.2) is 5.69 Å². The molecular weight excluding hydrogens is 344 g/mol. The normalized spacial score (nSPS) is 17.7. The van der Waals surface area contributed by atoms with Gasteiger partial charge >= 0.3 is 6.01 Å². The van der Waals surface area contributed by atoms with Gasteiger partial charge in [-0.25, -0.2) is 0 Å². The number of nitrogens with zero attached hydrogens (tertiary/aromatic N) is 3. The van der Waals surface area contributed by atoms with Crippen LogP contribution in [0.2, 0.25) is 0 Å². The fraction of sp³-hybridized carbons (Fsp3) is 0.450. The third-order valence-electron chi connectivity index (χ3n) is 5.12. The largest absolute Gasteiger partial charge is 0.431 e. The summed E-state index contributed by atoms with van der Waals surface area (Å²) in [6, 6.07) is 10.5. The lowest BCUT2D eigenvalue weighted by molar-refractivity contribution is -0.117. The van der Waals surface area contributed by atoms with Gasteiger partial charge in [0.2, 0.25) is 5.91 Å². The number of anilines is 1. The lowest BCUT2D eigenvalue weighted by Gasteiger charge is -2.34. The van der Waals surface area contributed by atoms with E-state index in [9.17, 15) is 9.59 Å². The first kappa shape index (κ1) is 17.7. The number of hydrogen-bond acceptors (Lipinski definition) is 5. The number of benzene rings is 1. The van der Waals surface area contributed by atoms with E-state index in [-0.39, 0.29) is 29.4 Å². The van der Waals surface area contributed by atoms with E-state index in [0.717, 1.165) is 38.9 Å². The Labute approximate surface area is 158 Å². The van der Waals surface area contributed by atoms with E-state index < -0.39 is 0 Å². The number of hydrogen-bond donors (Lipinski definition) is 1.